The zero-order valence-electron chi connectivity index (χ0n) is 12.2. The van der Waals surface area contributed by atoms with E-state index in [-0.39, 0.29) is 0 Å². The van der Waals surface area contributed by atoms with Gasteiger partial charge in [-0.2, -0.15) is 5.10 Å². The number of methoxy groups -OCH3 is 1. The molecule has 1 fully saturated rings. The van der Waals surface area contributed by atoms with E-state index < -0.39 is 5.60 Å². The summed E-state index contributed by atoms with van der Waals surface area (Å²) in [5.74, 6) is 1.05. The van der Waals surface area contributed by atoms with Gasteiger partial charge in [-0.1, -0.05) is 0 Å². The number of rotatable bonds is 3. The van der Waals surface area contributed by atoms with Gasteiger partial charge in [-0.3, -0.25) is 4.68 Å². The molecule has 0 saturated carbocycles. The van der Waals surface area contributed by atoms with Crippen molar-refractivity contribution in [2.24, 2.45) is 7.05 Å². The third-order valence-electron chi connectivity index (χ3n) is 3.85. The average molecular weight is 289 g/mol. The molecule has 0 aliphatic carbocycles. The second-order valence-electron chi connectivity index (χ2n) is 5.22. The van der Waals surface area contributed by atoms with E-state index in [1.165, 1.54) is 0 Å². The lowest BCUT2D eigenvalue weighted by Crippen LogP contribution is -2.37. The number of anilines is 1. The van der Waals surface area contributed by atoms with Gasteiger partial charge in [0.2, 0.25) is 0 Å². The summed E-state index contributed by atoms with van der Waals surface area (Å²) in [6.45, 7) is 1.27. The normalized spacial score (nSPS) is 17.8. The Bertz CT molecular complexity index is 634. The first-order valence-electron chi connectivity index (χ1n) is 6.90. The number of nitrogens with zero attached hydrogens (tertiary/aromatic N) is 4. The van der Waals surface area contributed by atoms with Gasteiger partial charge in [0.15, 0.2) is 5.82 Å². The summed E-state index contributed by atoms with van der Waals surface area (Å²) in [7, 11) is 3.55. The molecule has 2 aromatic heterocycles. The third kappa shape index (κ3) is 2.62. The SMILES string of the molecule is COC1(c2nc(N)cc(-c3cnn(C)c3)n2)CCOCC1. The summed E-state index contributed by atoms with van der Waals surface area (Å²) in [5.41, 5.74) is 7.10. The largest absolute Gasteiger partial charge is 0.384 e. The summed E-state index contributed by atoms with van der Waals surface area (Å²) in [4.78, 5) is 9.05. The van der Waals surface area contributed by atoms with Gasteiger partial charge in [0.05, 0.1) is 11.9 Å². The molecule has 21 heavy (non-hydrogen) atoms. The van der Waals surface area contributed by atoms with Gasteiger partial charge in [0.25, 0.3) is 0 Å². The van der Waals surface area contributed by atoms with Crippen molar-refractivity contribution in [3.8, 4) is 11.3 Å². The molecule has 0 radical (unpaired) electrons. The number of aromatic nitrogens is 4. The van der Waals surface area contributed by atoms with Crippen molar-refractivity contribution in [2.75, 3.05) is 26.1 Å². The maximum atomic E-state index is 5.96. The van der Waals surface area contributed by atoms with Crippen LogP contribution in [0.25, 0.3) is 11.3 Å². The lowest BCUT2D eigenvalue weighted by Gasteiger charge is -2.34. The van der Waals surface area contributed by atoms with Gasteiger partial charge in [-0.15, -0.1) is 0 Å². The van der Waals surface area contributed by atoms with Crippen LogP contribution < -0.4 is 5.73 Å². The number of ether oxygens (including phenoxy) is 2. The Kier molecular flexibility index (Phi) is 3.60. The predicted molar refractivity (Wildman–Crippen MR) is 77.4 cm³/mol. The lowest BCUT2D eigenvalue weighted by molar-refractivity contribution is -0.0998. The number of hydrogen-bond acceptors (Lipinski definition) is 6. The quantitative estimate of drug-likeness (QED) is 0.910. The molecule has 0 spiro atoms. The molecule has 0 aromatic carbocycles. The van der Waals surface area contributed by atoms with Crippen molar-refractivity contribution in [2.45, 2.75) is 18.4 Å². The maximum Gasteiger partial charge on any atom is 0.163 e. The second kappa shape index (κ2) is 5.42. The number of hydrogen-bond donors (Lipinski definition) is 1. The van der Waals surface area contributed by atoms with Crippen LogP contribution in [0.1, 0.15) is 18.7 Å². The Morgan fingerprint density at radius 2 is 2.10 bits per heavy atom. The third-order valence-corrected chi connectivity index (χ3v) is 3.85. The van der Waals surface area contributed by atoms with Crippen LogP contribution in [-0.2, 0) is 22.1 Å². The minimum absolute atomic E-state index is 0.432. The van der Waals surface area contributed by atoms with Gasteiger partial charge in [-0.25, -0.2) is 9.97 Å². The molecule has 0 unspecified atom stereocenters. The Morgan fingerprint density at radius 1 is 1.33 bits per heavy atom. The summed E-state index contributed by atoms with van der Waals surface area (Å²) < 4.78 is 12.9. The van der Waals surface area contributed by atoms with Crippen LogP contribution in [0, 0.1) is 0 Å². The van der Waals surface area contributed by atoms with Gasteiger partial charge in [0, 0.05) is 58.0 Å². The molecule has 7 heteroatoms. The number of nitrogen functional groups attached to an aromatic ring is 1. The van der Waals surface area contributed by atoms with Crippen LogP contribution in [0.15, 0.2) is 18.5 Å². The molecule has 1 aliphatic rings. The fraction of sp³-hybridized carbons (Fsp3) is 0.500. The van der Waals surface area contributed by atoms with Crippen molar-refractivity contribution < 1.29 is 9.47 Å². The topological polar surface area (TPSA) is 88.1 Å². The highest BCUT2D eigenvalue weighted by molar-refractivity contribution is 5.60. The summed E-state index contributed by atoms with van der Waals surface area (Å²) in [6.07, 6.45) is 5.10. The smallest absolute Gasteiger partial charge is 0.163 e. The van der Waals surface area contributed by atoms with Crippen molar-refractivity contribution >= 4 is 5.82 Å². The molecule has 1 aliphatic heterocycles. The van der Waals surface area contributed by atoms with Crippen molar-refractivity contribution in [3.05, 3.63) is 24.3 Å². The van der Waals surface area contributed by atoms with Crippen LogP contribution in [-0.4, -0.2) is 40.1 Å². The zero-order chi connectivity index (χ0) is 14.9. The molecule has 1 saturated heterocycles. The first-order valence-corrected chi connectivity index (χ1v) is 6.90. The Hall–Kier alpha value is -1.99. The maximum absolute atomic E-state index is 5.96. The zero-order valence-corrected chi connectivity index (χ0v) is 12.2. The van der Waals surface area contributed by atoms with E-state index in [1.807, 2.05) is 13.2 Å². The number of aryl methyl sites for hydroxylation is 1. The standard InChI is InChI=1S/C14H19N5O2/c1-19-9-10(8-16-19)11-7-12(15)18-13(17-11)14(20-2)3-5-21-6-4-14/h7-9H,3-6H2,1-2H3,(H2,15,17,18). The van der Waals surface area contributed by atoms with E-state index in [1.54, 1.807) is 24.1 Å². The average Bonchev–Trinajstić information content (AvgIpc) is 2.94. The molecular weight excluding hydrogens is 270 g/mol. The van der Waals surface area contributed by atoms with Gasteiger partial charge < -0.3 is 15.2 Å². The van der Waals surface area contributed by atoms with Gasteiger partial charge in [0.1, 0.15) is 11.4 Å². The Morgan fingerprint density at radius 3 is 2.71 bits per heavy atom. The fourth-order valence-electron chi connectivity index (χ4n) is 2.59. The van der Waals surface area contributed by atoms with Crippen molar-refractivity contribution in [1.29, 1.82) is 0 Å². The van der Waals surface area contributed by atoms with Gasteiger partial charge >= 0.3 is 0 Å². The minimum atomic E-state index is -0.523. The van der Waals surface area contributed by atoms with Gasteiger partial charge in [-0.05, 0) is 0 Å². The fourth-order valence-corrected chi connectivity index (χ4v) is 2.59. The molecular formula is C14H19N5O2. The van der Waals surface area contributed by atoms with E-state index in [4.69, 9.17) is 15.2 Å². The molecule has 0 amide bonds. The van der Waals surface area contributed by atoms with E-state index >= 15 is 0 Å². The van der Waals surface area contributed by atoms with Crippen LogP contribution in [0.4, 0.5) is 5.82 Å². The van der Waals surface area contributed by atoms with Crippen LogP contribution in [0.3, 0.4) is 0 Å². The van der Waals surface area contributed by atoms with Crippen LogP contribution in [0.5, 0.6) is 0 Å². The summed E-state index contributed by atoms with van der Waals surface area (Å²) in [6, 6.07) is 1.75. The first-order chi connectivity index (χ1) is 10.1. The van der Waals surface area contributed by atoms with E-state index in [9.17, 15) is 0 Å². The summed E-state index contributed by atoms with van der Waals surface area (Å²) >= 11 is 0. The summed E-state index contributed by atoms with van der Waals surface area (Å²) in [5, 5.41) is 4.17. The molecule has 3 heterocycles. The predicted octanol–water partition coefficient (Wildman–Crippen LogP) is 1.11. The monoisotopic (exact) mass is 289 g/mol. The highest BCUT2D eigenvalue weighted by atomic mass is 16.5. The Balaban J connectivity index is 2.04. The minimum Gasteiger partial charge on any atom is -0.384 e. The van der Waals surface area contributed by atoms with Crippen molar-refractivity contribution in [1.82, 2.24) is 19.7 Å². The van der Waals surface area contributed by atoms with E-state index in [0.29, 0.717) is 24.9 Å². The van der Waals surface area contributed by atoms with E-state index in [2.05, 4.69) is 15.1 Å². The molecule has 2 N–H and O–H groups in total. The van der Waals surface area contributed by atoms with Crippen molar-refractivity contribution in [3.63, 3.8) is 0 Å². The Labute approximate surface area is 123 Å². The molecule has 0 atom stereocenters. The molecule has 2 aromatic rings. The highest BCUT2D eigenvalue weighted by Crippen LogP contribution is 2.34. The number of nitrogens with two attached hydrogens (primary N) is 1. The highest BCUT2D eigenvalue weighted by Gasteiger charge is 2.37. The van der Waals surface area contributed by atoms with E-state index in [0.717, 1.165) is 24.1 Å². The van der Waals surface area contributed by atoms with Crippen LogP contribution >= 0.6 is 0 Å². The van der Waals surface area contributed by atoms with Crippen LogP contribution in [0.2, 0.25) is 0 Å². The molecule has 0 bridgehead atoms. The second-order valence-corrected chi connectivity index (χ2v) is 5.22. The molecule has 112 valence electrons. The first kappa shape index (κ1) is 14.0. The molecule has 3 rings (SSSR count). The molecule has 7 nitrogen and oxygen atoms in total. The lowest BCUT2D eigenvalue weighted by atomic mass is 9.93.